The Labute approximate surface area is 195 Å². The number of carbonyl (C=O) groups is 3. The van der Waals surface area contributed by atoms with Crippen LogP contribution in [0.4, 0.5) is 0 Å². The molecule has 1 aromatic carbocycles. The summed E-state index contributed by atoms with van der Waals surface area (Å²) in [7, 11) is 0. The van der Waals surface area contributed by atoms with Gasteiger partial charge in [-0.25, -0.2) is 0 Å². The van der Waals surface area contributed by atoms with E-state index in [0.29, 0.717) is 31.2 Å². The molecule has 0 spiro atoms. The molecule has 1 aromatic rings. The van der Waals surface area contributed by atoms with E-state index >= 15 is 0 Å². The fraction of sp³-hybridized carbons (Fsp3) is 0.654. The van der Waals surface area contributed by atoms with Crippen LogP contribution >= 0.6 is 0 Å². The molecule has 4 bridgehead atoms. The largest absolute Gasteiger partial charge is 0.508 e. The van der Waals surface area contributed by atoms with Gasteiger partial charge in [0, 0.05) is 25.9 Å². The van der Waals surface area contributed by atoms with Gasteiger partial charge in [-0.1, -0.05) is 12.1 Å². The lowest BCUT2D eigenvalue weighted by Crippen LogP contribution is -2.59. The number of phenols is 1. The van der Waals surface area contributed by atoms with Crippen LogP contribution in [0.3, 0.4) is 0 Å². The molecule has 4 aliphatic carbocycles. The van der Waals surface area contributed by atoms with Crippen molar-refractivity contribution in [2.24, 2.45) is 23.7 Å². The van der Waals surface area contributed by atoms with Gasteiger partial charge in [0.25, 0.3) is 0 Å². The summed E-state index contributed by atoms with van der Waals surface area (Å²) in [6.45, 7) is 1.93. The summed E-state index contributed by atoms with van der Waals surface area (Å²) in [6, 6.07) is 5.69. The number of benzene rings is 1. The zero-order valence-corrected chi connectivity index (χ0v) is 19.3. The minimum atomic E-state index is -0.735. The third-order valence-corrected chi connectivity index (χ3v) is 8.43. The topological polar surface area (TPSA) is 98.7 Å². The average Bonchev–Trinajstić information content (AvgIpc) is 3.26. The summed E-state index contributed by atoms with van der Waals surface area (Å²) in [4.78, 5) is 40.4. The second-order valence-corrected chi connectivity index (χ2v) is 10.8. The maximum atomic E-state index is 13.5. The summed E-state index contributed by atoms with van der Waals surface area (Å²) >= 11 is 0. The SMILES string of the molecule is CC(=O)N[C@@H](Cc1ccc(O)cc1)C(=O)N1CCC[C@@H]1C(=O)NC1C2CC3CC(C2)CC1C3. The van der Waals surface area contributed by atoms with Crippen LogP contribution in [0.2, 0.25) is 0 Å². The number of amides is 3. The van der Waals surface area contributed by atoms with Crippen LogP contribution in [-0.4, -0.2) is 52.4 Å². The van der Waals surface area contributed by atoms with Crippen LogP contribution in [0.15, 0.2) is 24.3 Å². The van der Waals surface area contributed by atoms with Gasteiger partial charge in [-0.2, -0.15) is 0 Å². The van der Waals surface area contributed by atoms with E-state index in [-0.39, 0.29) is 29.5 Å². The second-order valence-electron chi connectivity index (χ2n) is 10.8. The molecule has 178 valence electrons. The van der Waals surface area contributed by atoms with Crippen molar-refractivity contribution in [3.05, 3.63) is 29.8 Å². The van der Waals surface area contributed by atoms with E-state index in [0.717, 1.165) is 23.8 Å². The Hall–Kier alpha value is -2.57. The molecule has 5 aliphatic rings. The molecule has 7 heteroatoms. The predicted octanol–water partition coefficient (Wildman–Crippen LogP) is 2.37. The van der Waals surface area contributed by atoms with Crippen molar-refractivity contribution in [2.75, 3.05) is 6.54 Å². The molecule has 2 atom stereocenters. The van der Waals surface area contributed by atoms with Crippen molar-refractivity contribution in [3.8, 4) is 5.75 Å². The van der Waals surface area contributed by atoms with Gasteiger partial charge in [-0.05, 0) is 86.3 Å². The highest BCUT2D eigenvalue weighted by molar-refractivity contribution is 5.92. The Morgan fingerprint density at radius 1 is 1.03 bits per heavy atom. The van der Waals surface area contributed by atoms with E-state index in [1.54, 1.807) is 29.2 Å². The average molecular weight is 454 g/mol. The first kappa shape index (κ1) is 22.2. The Morgan fingerprint density at radius 3 is 2.27 bits per heavy atom. The first-order valence-corrected chi connectivity index (χ1v) is 12.5. The van der Waals surface area contributed by atoms with Crippen LogP contribution in [0.1, 0.15) is 57.4 Å². The molecule has 6 rings (SSSR count). The number of hydrogen-bond acceptors (Lipinski definition) is 4. The van der Waals surface area contributed by atoms with E-state index in [1.807, 2.05) is 0 Å². The zero-order chi connectivity index (χ0) is 23.1. The number of nitrogens with zero attached hydrogens (tertiary/aromatic N) is 1. The first-order chi connectivity index (χ1) is 15.9. The lowest BCUT2D eigenvalue weighted by Gasteiger charge is -2.54. The first-order valence-electron chi connectivity index (χ1n) is 12.5. The number of nitrogens with one attached hydrogen (secondary N) is 2. The molecule has 0 unspecified atom stereocenters. The molecule has 1 saturated heterocycles. The lowest BCUT2D eigenvalue weighted by molar-refractivity contribution is -0.142. The molecule has 33 heavy (non-hydrogen) atoms. The fourth-order valence-electron chi connectivity index (χ4n) is 7.24. The van der Waals surface area contributed by atoms with Gasteiger partial charge in [0.05, 0.1) is 0 Å². The molecule has 7 nitrogen and oxygen atoms in total. The van der Waals surface area contributed by atoms with Crippen molar-refractivity contribution >= 4 is 17.7 Å². The molecular formula is C26H35N3O4. The Bertz CT molecular complexity index is 887. The maximum Gasteiger partial charge on any atom is 0.246 e. The van der Waals surface area contributed by atoms with Gasteiger partial charge in [-0.3, -0.25) is 14.4 Å². The van der Waals surface area contributed by atoms with Crippen molar-refractivity contribution in [3.63, 3.8) is 0 Å². The lowest BCUT2D eigenvalue weighted by atomic mass is 9.54. The smallest absolute Gasteiger partial charge is 0.246 e. The highest BCUT2D eigenvalue weighted by Crippen LogP contribution is 2.53. The number of hydrogen-bond donors (Lipinski definition) is 3. The molecule has 3 amide bonds. The highest BCUT2D eigenvalue weighted by Gasteiger charge is 2.49. The summed E-state index contributed by atoms with van der Waals surface area (Å²) in [6.07, 6.45) is 8.10. The minimum absolute atomic E-state index is 0.0236. The normalized spacial score (nSPS) is 33.1. The standard InChI is InChI=1S/C26H35N3O4/c1-15(30)27-22(14-16-4-6-21(31)7-5-16)26(33)29-8-2-3-23(29)25(32)28-24-19-10-17-9-18(12-19)13-20(24)11-17/h4-7,17-20,22-24,31H,2-3,8-14H2,1H3,(H,27,30)(H,28,32)/t17?,18?,19?,20?,22-,23+,24?/m0/s1. The molecule has 5 fully saturated rings. The molecule has 4 saturated carbocycles. The van der Waals surface area contributed by atoms with E-state index in [2.05, 4.69) is 10.6 Å². The summed E-state index contributed by atoms with van der Waals surface area (Å²) in [5.74, 6) is 2.54. The van der Waals surface area contributed by atoms with Gasteiger partial charge in [-0.15, -0.1) is 0 Å². The minimum Gasteiger partial charge on any atom is -0.508 e. The molecular weight excluding hydrogens is 418 g/mol. The van der Waals surface area contributed by atoms with E-state index in [4.69, 9.17) is 0 Å². The predicted molar refractivity (Wildman–Crippen MR) is 123 cm³/mol. The van der Waals surface area contributed by atoms with Crippen LogP contribution < -0.4 is 10.6 Å². The van der Waals surface area contributed by atoms with Crippen LogP contribution in [0, 0.1) is 23.7 Å². The summed E-state index contributed by atoms with van der Waals surface area (Å²) in [5.41, 5.74) is 0.841. The van der Waals surface area contributed by atoms with Gasteiger partial charge >= 0.3 is 0 Å². The van der Waals surface area contributed by atoms with E-state index < -0.39 is 12.1 Å². The fourth-order valence-corrected chi connectivity index (χ4v) is 7.24. The van der Waals surface area contributed by atoms with Gasteiger partial charge in [0.1, 0.15) is 17.8 Å². The molecule has 3 N–H and O–H groups in total. The second kappa shape index (κ2) is 8.99. The van der Waals surface area contributed by atoms with E-state index in [9.17, 15) is 19.5 Å². The Balaban J connectivity index is 1.26. The summed E-state index contributed by atoms with van der Waals surface area (Å²) < 4.78 is 0. The third kappa shape index (κ3) is 4.59. The van der Waals surface area contributed by atoms with Crippen molar-refractivity contribution < 1.29 is 19.5 Å². The molecule has 0 aromatic heterocycles. The van der Waals surface area contributed by atoms with Crippen LogP contribution in [0.25, 0.3) is 0 Å². The molecule has 1 aliphatic heterocycles. The number of phenolic OH excluding ortho intramolecular Hbond substituents is 1. The maximum absolute atomic E-state index is 13.5. The van der Waals surface area contributed by atoms with Crippen molar-refractivity contribution in [2.45, 2.75) is 76.4 Å². The molecule has 0 radical (unpaired) electrons. The van der Waals surface area contributed by atoms with Crippen molar-refractivity contribution in [1.29, 1.82) is 0 Å². The van der Waals surface area contributed by atoms with Gasteiger partial charge in [0.2, 0.25) is 17.7 Å². The Kier molecular flexibility index (Phi) is 6.06. The molecule has 1 heterocycles. The number of carbonyl (C=O) groups excluding carboxylic acids is 3. The van der Waals surface area contributed by atoms with Gasteiger partial charge < -0.3 is 20.6 Å². The van der Waals surface area contributed by atoms with Crippen LogP contribution in [0.5, 0.6) is 5.75 Å². The van der Waals surface area contributed by atoms with Crippen molar-refractivity contribution in [1.82, 2.24) is 15.5 Å². The third-order valence-electron chi connectivity index (χ3n) is 8.43. The van der Waals surface area contributed by atoms with Crippen LogP contribution in [-0.2, 0) is 20.8 Å². The monoisotopic (exact) mass is 453 g/mol. The van der Waals surface area contributed by atoms with E-state index in [1.165, 1.54) is 39.0 Å². The zero-order valence-electron chi connectivity index (χ0n) is 19.3. The number of likely N-dealkylation sites (tertiary alicyclic amines) is 1. The Morgan fingerprint density at radius 2 is 1.67 bits per heavy atom. The number of rotatable bonds is 6. The quantitative estimate of drug-likeness (QED) is 0.616. The van der Waals surface area contributed by atoms with Gasteiger partial charge in [0.15, 0.2) is 0 Å². The highest BCUT2D eigenvalue weighted by atomic mass is 16.3. The number of aromatic hydroxyl groups is 1. The summed E-state index contributed by atoms with van der Waals surface area (Å²) in [5, 5.41) is 15.7.